The van der Waals surface area contributed by atoms with Gasteiger partial charge in [-0.1, -0.05) is 0 Å². The van der Waals surface area contributed by atoms with Crippen molar-refractivity contribution >= 4 is 37.5 Å². The molecule has 1 atom stereocenters. The maximum atomic E-state index is 12.5. The number of aliphatic carboxylic acids is 1. The molecule has 0 amide bonds. The summed E-state index contributed by atoms with van der Waals surface area (Å²) < 4.78 is 26.9. The van der Waals surface area contributed by atoms with Gasteiger partial charge in [0.2, 0.25) is 10.0 Å². The highest BCUT2D eigenvalue weighted by atomic mass is 32.2. The minimum absolute atomic E-state index is 0.0561. The third kappa shape index (κ3) is 2.09. The molecule has 3 rings (SSSR count). The van der Waals surface area contributed by atoms with Crippen molar-refractivity contribution in [3.63, 3.8) is 0 Å². The van der Waals surface area contributed by atoms with Crippen LogP contribution in [0.5, 0.6) is 0 Å². The van der Waals surface area contributed by atoms with Crippen LogP contribution in [0.25, 0.3) is 10.2 Å². The fourth-order valence-corrected chi connectivity index (χ4v) is 4.86. The lowest BCUT2D eigenvalue weighted by Gasteiger charge is -2.20. The minimum atomic E-state index is -3.81. The van der Waals surface area contributed by atoms with Crippen LogP contribution in [-0.4, -0.2) is 41.4 Å². The lowest BCUT2D eigenvalue weighted by molar-refractivity contribution is -0.140. The van der Waals surface area contributed by atoms with Crippen molar-refractivity contribution in [2.75, 3.05) is 6.54 Å². The summed E-state index contributed by atoms with van der Waals surface area (Å²) in [6.07, 6.45) is 2.20. The molecule has 1 aliphatic rings. The molecule has 1 saturated heterocycles. The average Bonchev–Trinajstić information content (AvgIpc) is 3.06. The quantitative estimate of drug-likeness (QED) is 0.928. The minimum Gasteiger partial charge on any atom is -0.480 e. The van der Waals surface area contributed by atoms with Crippen LogP contribution in [-0.2, 0) is 14.8 Å². The lowest BCUT2D eigenvalue weighted by Crippen LogP contribution is -2.40. The van der Waals surface area contributed by atoms with Gasteiger partial charge in [0.1, 0.15) is 10.9 Å². The summed E-state index contributed by atoms with van der Waals surface area (Å²) in [5.74, 6) is -1.10. The number of carboxylic acids is 1. The van der Waals surface area contributed by atoms with Crippen molar-refractivity contribution in [2.24, 2.45) is 0 Å². The smallest absolute Gasteiger partial charge is 0.322 e. The second-order valence-corrected chi connectivity index (χ2v) is 7.43. The number of rotatable bonds is 3. The van der Waals surface area contributed by atoms with Crippen LogP contribution in [0, 0.1) is 0 Å². The van der Waals surface area contributed by atoms with Gasteiger partial charge in [-0.05, 0) is 30.4 Å². The molecule has 0 saturated carbocycles. The molecular weight excluding hydrogens is 300 g/mol. The highest BCUT2D eigenvalue weighted by Gasteiger charge is 2.39. The van der Waals surface area contributed by atoms with E-state index in [2.05, 4.69) is 4.98 Å². The number of carboxylic acid groups (broad SMARTS) is 1. The van der Waals surface area contributed by atoms with E-state index >= 15 is 0 Å². The number of fused-ring (bicyclic) bond motifs is 1. The third-order valence-electron chi connectivity index (χ3n) is 3.37. The summed E-state index contributed by atoms with van der Waals surface area (Å²) in [5.41, 5.74) is 0.741. The van der Waals surface area contributed by atoms with E-state index in [1.54, 1.807) is 6.07 Å². The van der Waals surface area contributed by atoms with Crippen molar-refractivity contribution in [3.8, 4) is 0 Å². The van der Waals surface area contributed by atoms with Gasteiger partial charge < -0.3 is 5.11 Å². The molecule has 106 valence electrons. The fraction of sp³-hybridized carbons (Fsp3) is 0.333. The fourth-order valence-electron chi connectivity index (χ4n) is 2.38. The summed E-state index contributed by atoms with van der Waals surface area (Å²) in [6.45, 7) is 0.238. The van der Waals surface area contributed by atoms with Gasteiger partial charge in [0, 0.05) is 12.7 Å². The van der Waals surface area contributed by atoms with Gasteiger partial charge >= 0.3 is 5.97 Å². The second-order valence-electron chi connectivity index (χ2n) is 4.59. The zero-order valence-electron chi connectivity index (χ0n) is 10.4. The Bertz CT molecular complexity index is 769. The van der Waals surface area contributed by atoms with E-state index in [4.69, 9.17) is 5.11 Å². The number of hydrogen-bond acceptors (Lipinski definition) is 5. The SMILES string of the molecule is O=C(O)[C@@H]1CCCN1S(=O)(=O)c1cnc2ccsc2c1. The maximum absolute atomic E-state index is 12.5. The number of hydrogen-bond donors (Lipinski definition) is 1. The van der Waals surface area contributed by atoms with E-state index in [0.717, 1.165) is 14.5 Å². The molecule has 6 nitrogen and oxygen atoms in total. The average molecular weight is 312 g/mol. The molecule has 0 unspecified atom stereocenters. The Morgan fingerprint density at radius 1 is 1.50 bits per heavy atom. The van der Waals surface area contributed by atoms with E-state index in [-0.39, 0.29) is 11.4 Å². The molecule has 0 radical (unpaired) electrons. The van der Waals surface area contributed by atoms with Crippen LogP contribution >= 0.6 is 11.3 Å². The second kappa shape index (κ2) is 4.80. The van der Waals surface area contributed by atoms with Gasteiger partial charge in [0.15, 0.2) is 0 Å². The van der Waals surface area contributed by atoms with E-state index in [9.17, 15) is 13.2 Å². The largest absolute Gasteiger partial charge is 0.480 e. The maximum Gasteiger partial charge on any atom is 0.322 e. The molecule has 8 heteroatoms. The molecule has 1 fully saturated rings. The number of thiophene rings is 1. The Labute approximate surface area is 119 Å². The number of pyridine rings is 1. The van der Waals surface area contributed by atoms with Crippen LogP contribution in [0.1, 0.15) is 12.8 Å². The van der Waals surface area contributed by atoms with Crippen molar-refractivity contribution in [3.05, 3.63) is 23.7 Å². The summed E-state index contributed by atoms with van der Waals surface area (Å²) in [7, 11) is -3.81. The zero-order chi connectivity index (χ0) is 14.3. The number of carbonyl (C=O) groups is 1. The highest BCUT2D eigenvalue weighted by molar-refractivity contribution is 7.89. The predicted molar refractivity (Wildman–Crippen MR) is 74.2 cm³/mol. The number of sulfonamides is 1. The summed E-state index contributed by atoms with van der Waals surface area (Å²) in [4.78, 5) is 15.3. The van der Waals surface area contributed by atoms with Gasteiger partial charge in [-0.15, -0.1) is 11.3 Å². The van der Waals surface area contributed by atoms with E-state index in [0.29, 0.717) is 12.8 Å². The van der Waals surface area contributed by atoms with Crippen LogP contribution in [0.3, 0.4) is 0 Å². The summed E-state index contributed by atoms with van der Waals surface area (Å²) in [5, 5.41) is 11.0. The van der Waals surface area contributed by atoms with Gasteiger partial charge in [-0.2, -0.15) is 4.31 Å². The topological polar surface area (TPSA) is 87.6 Å². The molecule has 2 aromatic rings. The molecule has 0 spiro atoms. The molecule has 0 aliphatic carbocycles. The normalized spacial score (nSPS) is 20.5. The molecule has 20 heavy (non-hydrogen) atoms. The molecule has 0 aromatic carbocycles. The van der Waals surface area contributed by atoms with Crippen LogP contribution < -0.4 is 0 Å². The molecule has 0 bridgehead atoms. The van der Waals surface area contributed by atoms with Crippen molar-refractivity contribution in [1.82, 2.24) is 9.29 Å². The first-order valence-corrected chi connectivity index (χ1v) is 8.40. The Morgan fingerprint density at radius 2 is 2.30 bits per heavy atom. The molecule has 3 heterocycles. The number of nitrogens with zero attached hydrogens (tertiary/aromatic N) is 2. The predicted octanol–water partition coefficient (Wildman–Crippen LogP) is 1.53. The first-order valence-electron chi connectivity index (χ1n) is 6.08. The Morgan fingerprint density at radius 3 is 3.05 bits per heavy atom. The van der Waals surface area contributed by atoms with E-state index < -0.39 is 22.0 Å². The third-order valence-corrected chi connectivity index (χ3v) is 6.10. The van der Waals surface area contributed by atoms with Crippen LogP contribution in [0.2, 0.25) is 0 Å². The number of aromatic nitrogens is 1. The Kier molecular flexibility index (Phi) is 3.23. The van der Waals surface area contributed by atoms with Crippen LogP contribution in [0.15, 0.2) is 28.6 Å². The molecule has 2 aromatic heterocycles. The molecule has 1 N–H and O–H groups in total. The van der Waals surface area contributed by atoms with Crippen molar-refractivity contribution < 1.29 is 18.3 Å². The molecular formula is C12H12N2O4S2. The Balaban J connectivity index is 2.04. The van der Waals surface area contributed by atoms with Crippen LogP contribution in [0.4, 0.5) is 0 Å². The van der Waals surface area contributed by atoms with Gasteiger partial charge in [0.25, 0.3) is 0 Å². The monoisotopic (exact) mass is 312 g/mol. The lowest BCUT2D eigenvalue weighted by atomic mass is 10.2. The van der Waals surface area contributed by atoms with Crippen molar-refractivity contribution in [2.45, 2.75) is 23.8 Å². The standard InChI is InChI=1S/C12H12N2O4S2/c15-12(16)10-2-1-4-14(10)20(17,18)8-6-11-9(13-7-8)3-5-19-11/h3,5-7,10H,1-2,4H2,(H,15,16)/t10-/m0/s1. The summed E-state index contributed by atoms with van der Waals surface area (Å²) in [6, 6.07) is 2.39. The summed E-state index contributed by atoms with van der Waals surface area (Å²) >= 11 is 1.41. The molecule has 1 aliphatic heterocycles. The first kappa shape index (κ1) is 13.5. The first-order chi connectivity index (χ1) is 9.50. The Hall–Kier alpha value is -1.51. The zero-order valence-corrected chi connectivity index (χ0v) is 12.0. The van der Waals surface area contributed by atoms with E-state index in [1.807, 2.05) is 11.4 Å². The van der Waals surface area contributed by atoms with Gasteiger partial charge in [-0.25, -0.2) is 8.42 Å². The van der Waals surface area contributed by atoms with Gasteiger partial charge in [0.05, 0.1) is 10.2 Å². The highest BCUT2D eigenvalue weighted by Crippen LogP contribution is 2.28. The van der Waals surface area contributed by atoms with Gasteiger partial charge in [-0.3, -0.25) is 9.78 Å². The van der Waals surface area contributed by atoms with E-state index in [1.165, 1.54) is 17.5 Å². The van der Waals surface area contributed by atoms with Crippen molar-refractivity contribution in [1.29, 1.82) is 0 Å².